The fourth-order valence-electron chi connectivity index (χ4n) is 2.44. The van der Waals surface area contributed by atoms with Crippen LogP contribution in [0.2, 0.25) is 0 Å². The average molecular weight is 385 g/mol. The Balaban J connectivity index is 2.10. The standard InChI is InChI=1S/C24H32O4/c1-8-18(5)26-21-12-10-19(14-16(21)3)27-20-11-13-22(17(4)15-20)28-23(25)24(6,7)9-2/h10-15,18H,8-9H2,1-7H3. The minimum absolute atomic E-state index is 0.182. The fraction of sp³-hybridized carbons (Fsp3) is 0.458. The molecule has 2 aromatic rings. The predicted molar refractivity (Wildman–Crippen MR) is 113 cm³/mol. The summed E-state index contributed by atoms with van der Waals surface area (Å²) < 4.78 is 17.5. The van der Waals surface area contributed by atoms with Gasteiger partial charge in [-0.3, -0.25) is 4.79 Å². The Bertz CT molecular complexity index is 823. The molecule has 152 valence electrons. The van der Waals surface area contributed by atoms with Crippen LogP contribution in [0.5, 0.6) is 23.0 Å². The maximum atomic E-state index is 12.3. The summed E-state index contributed by atoms with van der Waals surface area (Å²) in [5.41, 5.74) is 1.38. The Morgan fingerprint density at radius 1 is 0.964 bits per heavy atom. The van der Waals surface area contributed by atoms with E-state index >= 15 is 0 Å². The van der Waals surface area contributed by atoms with Crippen LogP contribution in [-0.2, 0) is 4.79 Å². The summed E-state index contributed by atoms with van der Waals surface area (Å²) in [6, 6.07) is 11.3. The summed E-state index contributed by atoms with van der Waals surface area (Å²) in [5, 5.41) is 0. The molecule has 0 heterocycles. The first-order chi connectivity index (χ1) is 13.2. The van der Waals surface area contributed by atoms with E-state index in [2.05, 4.69) is 13.8 Å². The van der Waals surface area contributed by atoms with Crippen molar-refractivity contribution in [1.82, 2.24) is 0 Å². The first kappa shape index (κ1) is 21.8. The lowest BCUT2D eigenvalue weighted by molar-refractivity contribution is -0.144. The van der Waals surface area contributed by atoms with E-state index < -0.39 is 5.41 Å². The number of esters is 1. The maximum Gasteiger partial charge on any atom is 0.316 e. The highest BCUT2D eigenvalue weighted by molar-refractivity contribution is 5.78. The molecule has 0 aromatic heterocycles. The van der Waals surface area contributed by atoms with Gasteiger partial charge in [-0.1, -0.05) is 13.8 Å². The number of hydrogen-bond donors (Lipinski definition) is 0. The van der Waals surface area contributed by atoms with Crippen molar-refractivity contribution in [3.8, 4) is 23.0 Å². The first-order valence-electron chi connectivity index (χ1n) is 9.94. The average Bonchev–Trinajstić information content (AvgIpc) is 2.65. The summed E-state index contributed by atoms with van der Waals surface area (Å²) in [6.45, 7) is 13.8. The smallest absolute Gasteiger partial charge is 0.316 e. The van der Waals surface area contributed by atoms with Crippen molar-refractivity contribution in [3.05, 3.63) is 47.5 Å². The maximum absolute atomic E-state index is 12.3. The molecule has 2 rings (SSSR count). The molecular formula is C24H32O4. The third-order valence-electron chi connectivity index (χ3n) is 5.07. The molecule has 0 aliphatic carbocycles. The molecule has 1 unspecified atom stereocenters. The normalized spacial score (nSPS) is 12.4. The quantitative estimate of drug-likeness (QED) is 0.379. The number of ether oxygens (including phenoxy) is 3. The van der Waals surface area contributed by atoms with Gasteiger partial charge in [0.05, 0.1) is 11.5 Å². The Morgan fingerprint density at radius 2 is 1.50 bits per heavy atom. The van der Waals surface area contributed by atoms with Crippen LogP contribution in [0, 0.1) is 19.3 Å². The molecular weight excluding hydrogens is 352 g/mol. The summed E-state index contributed by atoms with van der Waals surface area (Å²) >= 11 is 0. The number of rotatable bonds is 8. The first-order valence-corrected chi connectivity index (χ1v) is 9.94. The van der Waals surface area contributed by atoms with Gasteiger partial charge in [0, 0.05) is 0 Å². The van der Waals surface area contributed by atoms with Crippen molar-refractivity contribution >= 4 is 5.97 Å². The molecule has 0 fully saturated rings. The summed E-state index contributed by atoms with van der Waals surface area (Å²) in [4.78, 5) is 12.3. The summed E-state index contributed by atoms with van der Waals surface area (Å²) in [7, 11) is 0. The van der Waals surface area contributed by atoms with E-state index in [0.29, 0.717) is 11.5 Å². The molecule has 0 aliphatic rings. The molecule has 4 nitrogen and oxygen atoms in total. The molecule has 0 N–H and O–H groups in total. The second kappa shape index (κ2) is 9.13. The molecule has 4 heteroatoms. The van der Waals surface area contributed by atoms with E-state index in [0.717, 1.165) is 35.5 Å². The lowest BCUT2D eigenvalue weighted by Crippen LogP contribution is -2.28. The Kier molecular flexibility index (Phi) is 7.11. The zero-order valence-corrected chi connectivity index (χ0v) is 18.1. The molecule has 0 bridgehead atoms. The lowest BCUT2D eigenvalue weighted by Gasteiger charge is -2.21. The monoisotopic (exact) mass is 384 g/mol. The van der Waals surface area contributed by atoms with Crippen LogP contribution in [0.4, 0.5) is 0 Å². The van der Waals surface area contributed by atoms with Gasteiger partial charge in [0.25, 0.3) is 0 Å². The highest BCUT2D eigenvalue weighted by Crippen LogP contribution is 2.32. The van der Waals surface area contributed by atoms with Gasteiger partial charge < -0.3 is 14.2 Å². The van der Waals surface area contributed by atoms with Gasteiger partial charge in [-0.25, -0.2) is 0 Å². The molecule has 28 heavy (non-hydrogen) atoms. The highest BCUT2D eigenvalue weighted by Gasteiger charge is 2.28. The second-order valence-electron chi connectivity index (χ2n) is 7.92. The Morgan fingerprint density at radius 3 is 1.96 bits per heavy atom. The van der Waals surface area contributed by atoms with Gasteiger partial charge in [0.1, 0.15) is 23.0 Å². The van der Waals surface area contributed by atoms with E-state index in [1.54, 1.807) is 6.07 Å². The second-order valence-corrected chi connectivity index (χ2v) is 7.92. The zero-order valence-electron chi connectivity index (χ0n) is 18.1. The van der Waals surface area contributed by atoms with Gasteiger partial charge in [0.2, 0.25) is 0 Å². The Hall–Kier alpha value is -2.49. The molecule has 0 spiro atoms. The minimum Gasteiger partial charge on any atom is -0.490 e. The third kappa shape index (κ3) is 5.51. The summed E-state index contributed by atoms with van der Waals surface area (Å²) in [6.07, 6.45) is 1.87. The largest absolute Gasteiger partial charge is 0.490 e. The molecule has 1 atom stereocenters. The van der Waals surface area contributed by atoms with E-state index in [9.17, 15) is 4.79 Å². The topological polar surface area (TPSA) is 44.8 Å². The molecule has 0 aliphatic heterocycles. The van der Waals surface area contributed by atoms with Gasteiger partial charge in [-0.2, -0.15) is 0 Å². The number of hydrogen-bond acceptors (Lipinski definition) is 4. The van der Waals surface area contributed by atoms with Crippen LogP contribution in [0.15, 0.2) is 36.4 Å². The molecule has 0 saturated carbocycles. The molecule has 0 radical (unpaired) electrons. The fourth-order valence-corrected chi connectivity index (χ4v) is 2.44. The van der Waals surface area contributed by atoms with Crippen LogP contribution in [0.3, 0.4) is 0 Å². The van der Waals surface area contributed by atoms with E-state index in [1.807, 2.05) is 65.0 Å². The van der Waals surface area contributed by atoms with Crippen molar-refractivity contribution < 1.29 is 19.0 Å². The number of carbonyl (C=O) groups excluding carboxylic acids is 1. The van der Waals surface area contributed by atoms with Crippen LogP contribution in [0.1, 0.15) is 58.6 Å². The van der Waals surface area contributed by atoms with Crippen LogP contribution in [-0.4, -0.2) is 12.1 Å². The van der Waals surface area contributed by atoms with Crippen molar-refractivity contribution in [2.45, 2.75) is 67.4 Å². The van der Waals surface area contributed by atoms with Crippen LogP contribution in [0.25, 0.3) is 0 Å². The third-order valence-corrected chi connectivity index (χ3v) is 5.07. The predicted octanol–water partition coefficient (Wildman–Crippen LogP) is 6.61. The zero-order chi connectivity index (χ0) is 20.9. The molecule has 0 amide bonds. The van der Waals surface area contributed by atoms with Gasteiger partial charge in [-0.15, -0.1) is 0 Å². The molecule has 2 aromatic carbocycles. The SMILES string of the molecule is CCC(C)Oc1ccc(Oc2ccc(OC(=O)C(C)(C)CC)c(C)c2)cc1C. The van der Waals surface area contributed by atoms with Crippen molar-refractivity contribution in [2.75, 3.05) is 0 Å². The van der Waals surface area contributed by atoms with E-state index in [1.165, 1.54) is 0 Å². The van der Waals surface area contributed by atoms with Crippen LogP contribution < -0.4 is 14.2 Å². The lowest BCUT2D eigenvalue weighted by atomic mass is 9.91. The Labute approximate surface area is 168 Å². The number of benzene rings is 2. The van der Waals surface area contributed by atoms with Crippen molar-refractivity contribution in [1.29, 1.82) is 0 Å². The number of carbonyl (C=O) groups is 1. The molecule has 0 saturated heterocycles. The highest BCUT2D eigenvalue weighted by atomic mass is 16.5. The summed E-state index contributed by atoms with van der Waals surface area (Å²) in [5.74, 6) is 2.65. The van der Waals surface area contributed by atoms with Crippen molar-refractivity contribution in [2.24, 2.45) is 5.41 Å². The van der Waals surface area contributed by atoms with Crippen LogP contribution >= 0.6 is 0 Å². The number of aryl methyl sites for hydroxylation is 2. The van der Waals surface area contributed by atoms with Gasteiger partial charge in [-0.05, 0) is 95.0 Å². The minimum atomic E-state index is -0.502. The van der Waals surface area contributed by atoms with Gasteiger partial charge in [0.15, 0.2) is 0 Å². The van der Waals surface area contributed by atoms with E-state index in [-0.39, 0.29) is 12.1 Å². The van der Waals surface area contributed by atoms with E-state index in [4.69, 9.17) is 14.2 Å². The van der Waals surface area contributed by atoms with Crippen molar-refractivity contribution in [3.63, 3.8) is 0 Å². The van der Waals surface area contributed by atoms with Gasteiger partial charge >= 0.3 is 5.97 Å².